The zero-order valence-electron chi connectivity index (χ0n) is 11.3. The third-order valence-corrected chi connectivity index (χ3v) is 3.39. The summed E-state index contributed by atoms with van der Waals surface area (Å²) in [6.07, 6.45) is 6.01. The SMILES string of the molecule is Nc1ccc(CCCCCc2ccc(N)cc2)cc1. The molecule has 0 amide bonds. The molecule has 0 bridgehead atoms. The molecule has 19 heavy (non-hydrogen) atoms. The summed E-state index contributed by atoms with van der Waals surface area (Å²) in [6, 6.07) is 16.4. The van der Waals surface area contributed by atoms with Crippen molar-refractivity contribution in [3.63, 3.8) is 0 Å². The van der Waals surface area contributed by atoms with Crippen molar-refractivity contribution in [3.8, 4) is 0 Å². The fourth-order valence-electron chi connectivity index (χ4n) is 2.20. The van der Waals surface area contributed by atoms with Crippen LogP contribution < -0.4 is 11.5 Å². The Hall–Kier alpha value is -1.96. The van der Waals surface area contributed by atoms with Crippen molar-refractivity contribution in [2.24, 2.45) is 0 Å². The maximum atomic E-state index is 5.67. The zero-order valence-corrected chi connectivity index (χ0v) is 11.3. The van der Waals surface area contributed by atoms with Crippen LogP contribution in [-0.4, -0.2) is 0 Å². The lowest BCUT2D eigenvalue weighted by Gasteiger charge is -2.04. The van der Waals surface area contributed by atoms with E-state index in [0.717, 1.165) is 24.2 Å². The lowest BCUT2D eigenvalue weighted by atomic mass is 10.0. The Labute approximate surface area is 115 Å². The summed E-state index contributed by atoms with van der Waals surface area (Å²) in [5.74, 6) is 0. The fourth-order valence-corrected chi connectivity index (χ4v) is 2.20. The molecule has 0 saturated heterocycles. The van der Waals surface area contributed by atoms with Crippen LogP contribution >= 0.6 is 0 Å². The van der Waals surface area contributed by atoms with E-state index in [4.69, 9.17) is 11.5 Å². The number of hydrogen-bond acceptors (Lipinski definition) is 2. The van der Waals surface area contributed by atoms with Gasteiger partial charge < -0.3 is 11.5 Å². The van der Waals surface area contributed by atoms with Crippen molar-refractivity contribution in [2.45, 2.75) is 32.1 Å². The van der Waals surface area contributed by atoms with Gasteiger partial charge in [-0.3, -0.25) is 0 Å². The highest BCUT2D eigenvalue weighted by Gasteiger charge is 1.96. The first-order chi connectivity index (χ1) is 9.24. The van der Waals surface area contributed by atoms with Crippen LogP contribution in [0.1, 0.15) is 30.4 Å². The largest absolute Gasteiger partial charge is 0.399 e. The highest BCUT2D eigenvalue weighted by Crippen LogP contribution is 2.12. The van der Waals surface area contributed by atoms with Gasteiger partial charge >= 0.3 is 0 Å². The van der Waals surface area contributed by atoms with E-state index < -0.39 is 0 Å². The zero-order chi connectivity index (χ0) is 13.5. The van der Waals surface area contributed by atoms with Crippen molar-refractivity contribution in [1.29, 1.82) is 0 Å². The second-order valence-electron chi connectivity index (χ2n) is 5.04. The smallest absolute Gasteiger partial charge is 0.0314 e. The van der Waals surface area contributed by atoms with Gasteiger partial charge in [0, 0.05) is 11.4 Å². The lowest BCUT2D eigenvalue weighted by molar-refractivity contribution is 0.678. The molecule has 100 valence electrons. The molecule has 0 unspecified atom stereocenters. The topological polar surface area (TPSA) is 52.0 Å². The minimum atomic E-state index is 0.840. The van der Waals surface area contributed by atoms with Crippen molar-refractivity contribution < 1.29 is 0 Å². The molecule has 0 atom stereocenters. The molecule has 0 aliphatic heterocycles. The third kappa shape index (κ3) is 4.66. The second-order valence-corrected chi connectivity index (χ2v) is 5.04. The molecular weight excluding hydrogens is 232 g/mol. The van der Waals surface area contributed by atoms with Gasteiger partial charge in [-0.1, -0.05) is 30.7 Å². The van der Waals surface area contributed by atoms with Gasteiger partial charge in [0.25, 0.3) is 0 Å². The van der Waals surface area contributed by atoms with E-state index in [1.807, 2.05) is 24.3 Å². The summed E-state index contributed by atoms with van der Waals surface area (Å²) in [5.41, 5.74) is 15.8. The normalized spacial score (nSPS) is 10.5. The standard InChI is InChI=1S/C17H22N2/c18-16-10-6-14(7-11-16)4-2-1-3-5-15-8-12-17(19)13-9-15/h6-13H,1-5,18-19H2. The Balaban J connectivity index is 1.64. The van der Waals surface area contributed by atoms with Gasteiger partial charge in [-0.05, 0) is 61.1 Å². The first kappa shape index (κ1) is 13.5. The first-order valence-electron chi connectivity index (χ1n) is 6.93. The molecule has 2 aromatic carbocycles. The quantitative estimate of drug-likeness (QED) is 0.608. The lowest BCUT2D eigenvalue weighted by Crippen LogP contribution is -1.91. The molecule has 0 aliphatic rings. The summed E-state index contributed by atoms with van der Waals surface area (Å²) in [4.78, 5) is 0. The minimum absolute atomic E-state index is 0.840. The van der Waals surface area contributed by atoms with E-state index in [-0.39, 0.29) is 0 Å². The van der Waals surface area contributed by atoms with Gasteiger partial charge in [0.15, 0.2) is 0 Å². The molecule has 0 aromatic heterocycles. The molecule has 0 spiro atoms. The molecule has 0 aliphatic carbocycles. The molecule has 4 N–H and O–H groups in total. The summed E-state index contributed by atoms with van der Waals surface area (Å²) < 4.78 is 0. The highest BCUT2D eigenvalue weighted by molar-refractivity contribution is 5.39. The third-order valence-electron chi connectivity index (χ3n) is 3.39. The van der Waals surface area contributed by atoms with Crippen LogP contribution in [0.3, 0.4) is 0 Å². The first-order valence-corrected chi connectivity index (χ1v) is 6.93. The van der Waals surface area contributed by atoms with E-state index in [1.54, 1.807) is 0 Å². The molecule has 0 fully saturated rings. The van der Waals surface area contributed by atoms with Crippen LogP contribution in [0, 0.1) is 0 Å². The molecule has 0 heterocycles. The van der Waals surface area contributed by atoms with E-state index in [1.165, 1.54) is 30.4 Å². The van der Waals surface area contributed by atoms with Crippen LogP contribution in [0.4, 0.5) is 11.4 Å². The highest BCUT2D eigenvalue weighted by atomic mass is 14.5. The summed E-state index contributed by atoms with van der Waals surface area (Å²) >= 11 is 0. The molecular formula is C17H22N2. The van der Waals surface area contributed by atoms with Crippen LogP contribution in [-0.2, 0) is 12.8 Å². The van der Waals surface area contributed by atoms with E-state index >= 15 is 0 Å². The summed E-state index contributed by atoms with van der Waals surface area (Å²) in [7, 11) is 0. The molecule has 2 heteroatoms. The van der Waals surface area contributed by atoms with Gasteiger partial charge in [0.05, 0.1) is 0 Å². The van der Waals surface area contributed by atoms with Crippen molar-refractivity contribution in [1.82, 2.24) is 0 Å². The average Bonchev–Trinajstić information content (AvgIpc) is 2.43. The van der Waals surface area contributed by atoms with Gasteiger partial charge in [-0.25, -0.2) is 0 Å². The number of nitrogen functional groups attached to an aromatic ring is 2. The Kier molecular flexibility index (Phi) is 4.85. The van der Waals surface area contributed by atoms with E-state index in [9.17, 15) is 0 Å². The number of benzene rings is 2. The van der Waals surface area contributed by atoms with Gasteiger partial charge in [-0.15, -0.1) is 0 Å². The van der Waals surface area contributed by atoms with Crippen LogP contribution in [0.5, 0.6) is 0 Å². The monoisotopic (exact) mass is 254 g/mol. The van der Waals surface area contributed by atoms with Gasteiger partial charge in [0.1, 0.15) is 0 Å². The maximum absolute atomic E-state index is 5.67. The van der Waals surface area contributed by atoms with Crippen molar-refractivity contribution in [3.05, 3.63) is 59.7 Å². The number of rotatable bonds is 6. The number of nitrogens with two attached hydrogens (primary N) is 2. The van der Waals surface area contributed by atoms with Gasteiger partial charge in [0.2, 0.25) is 0 Å². The number of aryl methyl sites for hydroxylation is 2. The number of anilines is 2. The van der Waals surface area contributed by atoms with Crippen LogP contribution in [0.25, 0.3) is 0 Å². The summed E-state index contributed by atoms with van der Waals surface area (Å²) in [6.45, 7) is 0. The van der Waals surface area contributed by atoms with Crippen LogP contribution in [0.2, 0.25) is 0 Å². The minimum Gasteiger partial charge on any atom is -0.399 e. The predicted octanol–water partition coefficient (Wildman–Crippen LogP) is 3.81. The molecule has 0 radical (unpaired) electrons. The van der Waals surface area contributed by atoms with E-state index in [0.29, 0.717) is 0 Å². The molecule has 2 rings (SSSR count). The Bertz CT molecular complexity index is 438. The second kappa shape index (κ2) is 6.83. The fraction of sp³-hybridized carbons (Fsp3) is 0.294. The molecule has 2 aromatic rings. The predicted molar refractivity (Wildman–Crippen MR) is 83.0 cm³/mol. The Morgan fingerprint density at radius 3 is 1.26 bits per heavy atom. The summed E-state index contributed by atoms with van der Waals surface area (Å²) in [5, 5.41) is 0. The number of unbranched alkanes of at least 4 members (excludes halogenated alkanes) is 2. The van der Waals surface area contributed by atoms with Crippen molar-refractivity contribution >= 4 is 11.4 Å². The van der Waals surface area contributed by atoms with Gasteiger partial charge in [-0.2, -0.15) is 0 Å². The molecule has 0 saturated carbocycles. The average molecular weight is 254 g/mol. The van der Waals surface area contributed by atoms with Crippen molar-refractivity contribution in [2.75, 3.05) is 11.5 Å². The maximum Gasteiger partial charge on any atom is 0.0314 e. The number of hydrogen-bond donors (Lipinski definition) is 2. The van der Waals surface area contributed by atoms with Crippen LogP contribution in [0.15, 0.2) is 48.5 Å². The Morgan fingerprint density at radius 1 is 0.526 bits per heavy atom. The Morgan fingerprint density at radius 2 is 0.895 bits per heavy atom. The molecule has 2 nitrogen and oxygen atoms in total. The van der Waals surface area contributed by atoms with E-state index in [2.05, 4.69) is 24.3 Å².